The summed E-state index contributed by atoms with van der Waals surface area (Å²) in [6.07, 6.45) is 9.31. The molecule has 3 nitrogen and oxygen atoms in total. The molecule has 0 aliphatic heterocycles. The van der Waals surface area contributed by atoms with Gasteiger partial charge in [0.05, 0.1) is 0 Å². The van der Waals surface area contributed by atoms with Crippen LogP contribution in [-0.4, -0.2) is 11.0 Å². The van der Waals surface area contributed by atoms with Gasteiger partial charge in [0.25, 0.3) is 0 Å². The second-order valence-electron chi connectivity index (χ2n) is 5.65. The Morgan fingerprint density at radius 3 is 2.72 bits per heavy atom. The second-order valence-corrected chi connectivity index (χ2v) is 5.65. The molecule has 0 aromatic carbocycles. The standard InChI is InChI=1S/C15H25N3/c1-12-5-7-13(8-6-12)15(18-16)10-9-14-4-2-3-11-17-14/h2-4,11-13,15,18H,5-10,16H2,1H3. The van der Waals surface area contributed by atoms with Crippen LogP contribution in [0.25, 0.3) is 0 Å². The molecule has 2 rings (SSSR count). The summed E-state index contributed by atoms with van der Waals surface area (Å²) in [7, 11) is 0. The molecule has 0 bridgehead atoms. The van der Waals surface area contributed by atoms with Gasteiger partial charge in [-0.25, -0.2) is 0 Å². The third-order valence-electron chi connectivity index (χ3n) is 4.28. The van der Waals surface area contributed by atoms with Gasteiger partial charge in [-0.2, -0.15) is 0 Å². The van der Waals surface area contributed by atoms with Crippen molar-refractivity contribution < 1.29 is 0 Å². The maximum absolute atomic E-state index is 5.73. The van der Waals surface area contributed by atoms with E-state index >= 15 is 0 Å². The van der Waals surface area contributed by atoms with Crippen LogP contribution in [0.2, 0.25) is 0 Å². The zero-order valence-electron chi connectivity index (χ0n) is 11.3. The molecule has 1 aliphatic rings. The number of aryl methyl sites for hydroxylation is 1. The van der Waals surface area contributed by atoms with E-state index in [1.807, 2.05) is 12.3 Å². The molecule has 0 amide bonds. The number of nitrogens with zero attached hydrogens (tertiary/aromatic N) is 1. The zero-order valence-corrected chi connectivity index (χ0v) is 11.3. The summed E-state index contributed by atoms with van der Waals surface area (Å²) in [5.74, 6) is 7.38. The van der Waals surface area contributed by atoms with Gasteiger partial charge >= 0.3 is 0 Å². The van der Waals surface area contributed by atoms with Crippen LogP contribution in [0.1, 0.15) is 44.7 Å². The number of hydrogen-bond acceptors (Lipinski definition) is 3. The predicted octanol–water partition coefficient (Wildman–Crippen LogP) is 2.67. The summed E-state index contributed by atoms with van der Waals surface area (Å²) in [4.78, 5) is 4.37. The number of nitrogens with two attached hydrogens (primary N) is 1. The highest BCUT2D eigenvalue weighted by Crippen LogP contribution is 2.31. The van der Waals surface area contributed by atoms with Crippen molar-refractivity contribution in [3.05, 3.63) is 30.1 Å². The Balaban J connectivity index is 1.82. The number of aromatic nitrogens is 1. The zero-order chi connectivity index (χ0) is 12.8. The van der Waals surface area contributed by atoms with Crippen LogP contribution in [0.15, 0.2) is 24.4 Å². The van der Waals surface area contributed by atoms with Crippen molar-refractivity contribution in [1.29, 1.82) is 0 Å². The van der Waals surface area contributed by atoms with Gasteiger partial charge in [0.1, 0.15) is 0 Å². The largest absolute Gasteiger partial charge is 0.271 e. The lowest BCUT2D eigenvalue weighted by atomic mass is 9.78. The summed E-state index contributed by atoms with van der Waals surface area (Å²) >= 11 is 0. The van der Waals surface area contributed by atoms with Crippen molar-refractivity contribution in [2.45, 2.75) is 51.5 Å². The van der Waals surface area contributed by atoms with Gasteiger partial charge in [0, 0.05) is 17.9 Å². The Labute approximate surface area is 110 Å². The molecule has 1 aromatic rings. The van der Waals surface area contributed by atoms with Gasteiger partial charge in [-0.1, -0.05) is 25.8 Å². The number of nitrogens with one attached hydrogen (secondary N) is 1. The maximum Gasteiger partial charge on any atom is 0.0404 e. The van der Waals surface area contributed by atoms with E-state index in [2.05, 4.69) is 29.5 Å². The van der Waals surface area contributed by atoms with Crippen molar-refractivity contribution in [2.24, 2.45) is 17.7 Å². The first-order chi connectivity index (χ1) is 8.79. The van der Waals surface area contributed by atoms with E-state index < -0.39 is 0 Å². The predicted molar refractivity (Wildman–Crippen MR) is 74.8 cm³/mol. The number of hydrogen-bond donors (Lipinski definition) is 2. The van der Waals surface area contributed by atoms with Gasteiger partial charge in [0.15, 0.2) is 0 Å². The molecule has 1 atom stereocenters. The molecule has 1 heterocycles. The Kier molecular flexibility index (Phi) is 5.14. The lowest BCUT2D eigenvalue weighted by Crippen LogP contribution is -2.42. The van der Waals surface area contributed by atoms with Crippen molar-refractivity contribution in [1.82, 2.24) is 10.4 Å². The molecule has 1 saturated carbocycles. The van der Waals surface area contributed by atoms with Gasteiger partial charge < -0.3 is 0 Å². The van der Waals surface area contributed by atoms with E-state index in [4.69, 9.17) is 5.84 Å². The molecule has 3 N–H and O–H groups in total. The van der Waals surface area contributed by atoms with Crippen molar-refractivity contribution in [2.75, 3.05) is 0 Å². The van der Waals surface area contributed by atoms with E-state index in [1.165, 1.54) is 31.4 Å². The van der Waals surface area contributed by atoms with Gasteiger partial charge in [-0.3, -0.25) is 16.3 Å². The summed E-state index contributed by atoms with van der Waals surface area (Å²) in [5, 5.41) is 0. The molecule has 0 radical (unpaired) electrons. The lowest BCUT2D eigenvalue weighted by molar-refractivity contribution is 0.223. The van der Waals surface area contributed by atoms with Crippen molar-refractivity contribution in [3.63, 3.8) is 0 Å². The van der Waals surface area contributed by atoms with Crippen LogP contribution in [0, 0.1) is 11.8 Å². The van der Waals surface area contributed by atoms with Crippen LogP contribution in [0.5, 0.6) is 0 Å². The molecular weight excluding hydrogens is 222 g/mol. The molecule has 1 unspecified atom stereocenters. The van der Waals surface area contributed by atoms with Crippen LogP contribution in [0.3, 0.4) is 0 Å². The highest BCUT2D eigenvalue weighted by Gasteiger charge is 2.25. The number of hydrazine groups is 1. The summed E-state index contributed by atoms with van der Waals surface area (Å²) in [6.45, 7) is 2.36. The lowest BCUT2D eigenvalue weighted by Gasteiger charge is -2.32. The molecular formula is C15H25N3. The Morgan fingerprint density at radius 1 is 1.33 bits per heavy atom. The summed E-state index contributed by atoms with van der Waals surface area (Å²) in [6, 6.07) is 6.55. The minimum atomic E-state index is 0.444. The third-order valence-corrected chi connectivity index (χ3v) is 4.28. The van der Waals surface area contributed by atoms with E-state index in [0.29, 0.717) is 6.04 Å². The number of pyridine rings is 1. The van der Waals surface area contributed by atoms with Gasteiger partial charge in [-0.15, -0.1) is 0 Å². The first kappa shape index (κ1) is 13.5. The van der Waals surface area contributed by atoms with E-state index in [9.17, 15) is 0 Å². The first-order valence-electron chi connectivity index (χ1n) is 7.15. The highest BCUT2D eigenvalue weighted by atomic mass is 15.2. The van der Waals surface area contributed by atoms with Gasteiger partial charge in [0.2, 0.25) is 0 Å². The average Bonchev–Trinajstić information content (AvgIpc) is 2.42. The molecule has 1 aliphatic carbocycles. The van der Waals surface area contributed by atoms with Crippen LogP contribution in [-0.2, 0) is 6.42 Å². The fourth-order valence-corrected chi connectivity index (χ4v) is 2.99. The molecule has 1 fully saturated rings. The molecule has 3 heteroatoms. The monoisotopic (exact) mass is 247 g/mol. The van der Waals surface area contributed by atoms with Crippen LogP contribution < -0.4 is 11.3 Å². The molecule has 0 spiro atoms. The summed E-state index contributed by atoms with van der Waals surface area (Å²) < 4.78 is 0. The smallest absolute Gasteiger partial charge is 0.0404 e. The fraction of sp³-hybridized carbons (Fsp3) is 0.667. The molecule has 0 saturated heterocycles. The minimum absolute atomic E-state index is 0.444. The quantitative estimate of drug-likeness (QED) is 0.621. The topological polar surface area (TPSA) is 50.9 Å². The first-order valence-corrected chi connectivity index (χ1v) is 7.15. The summed E-state index contributed by atoms with van der Waals surface area (Å²) in [5.41, 5.74) is 4.20. The SMILES string of the molecule is CC1CCC(C(CCc2ccccn2)NN)CC1. The minimum Gasteiger partial charge on any atom is -0.271 e. The van der Waals surface area contributed by atoms with Crippen LogP contribution >= 0.6 is 0 Å². The Morgan fingerprint density at radius 2 is 2.11 bits per heavy atom. The highest BCUT2D eigenvalue weighted by molar-refractivity contribution is 5.04. The Bertz CT molecular complexity index is 331. The van der Waals surface area contributed by atoms with E-state index in [-0.39, 0.29) is 0 Å². The molecule has 100 valence electrons. The normalized spacial score (nSPS) is 25.9. The van der Waals surface area contributed by atoms with Crippen molar-refractivity contribution >= 4 is 0 Å². The maximum atomic E-state index is 5.73. The molecule has 18 heavy (non-hydrogen) atoms. The van der Waals surface area contributed by atoms with E-state index in [1.54, 1.807) is 0 Å². The van der Waals surface area contributed by atoms with Crippen LogP contribution in [0.4, 0.5) is 0 Å². The van der Waals surface area contributed by atoms with Gasteiger partial charge in [-0.05, 0) is 49.7 Å². The number of rotatable bonds is 5. The molecule has 1 aromatic heterocycles. The third kappa shape index (κ3) is 3.79. The van der Waals surface area contributed by atoms with Crippen molar-refractivity contribution in [3.8, 4) is 0 Å². The Hall–Kier alpha value is -0.930. The van der Waals surface area contributed by atoms with E-state index in [0.717, 1.165) is 24.7 Å². The second kappa shape index (κ2) is 6.86. The fourth-order valence-electron chi connectivity index (χ4n) is 2.99. The average molecular weight is 247 g/mol.